The van der Waals surface area contributed by atoms with E-state index >= 15 is 0 Å². The highest BCUT2D eigenvalue weighted by atomic mass is 79.9. The highest BCUT2D eigenvalue weighted by Crippen LogP contribution is 2.21. The van der Waals surface area contributed by atoms with Gasteiger partial charge in [-0.2, -0.15) is 5.10 Å². The summed E-state index contributed by atoms with van der Waals surface area (Å²) in [5.74, 6) is -0.716. The number of nitrogens with zero attached hydrogens (tertiary/aromatic N) is 2. The van der Waals surface area contributed by atoms with Crippen molar-refractivity contribution in [2.45, 2.75) is 20.4 Å². The molecule has 0 aliphatic rings. The van der Waals surface area contributed by atoms with Crippen LogP contribution >= 0.6 is 15.9 Å². The molecule has 0 aliphatic heterocycles. The molecule has 0 fully saturated rings. The molecule has 2 rings (SSSR count). The molecule has 104 valence electrons. The molecule has 2 aromatic rings. The summed E-state index contributed by atoms with van der Waals surface area (Å²) in [6, 6.07) is 7.73. The van der Waals surface area contributed by atoms with E-state index in [0.717, 1.165) is 10.0 Å². The zero-order valence-corrected chi connectivity index (χ0v) is 12.7. The molecule has 0 saturated heterocycles. The fourth-order valence-electron chi connectivity index (χ4n) is 1.81. The van der Waals surface area contributed by atoms with Crippen LogP contribution in [0, 0.1) is 13.8 Å². The van der Waals surface area contributed by atoms with Crippen LogP contribution in [0.25, 0.3) is 0 Å². The zero-order valence-electron chi connectivity index (χ0n) is 11.1. The quantitative estimate of drug-likeness (QED) is 0.897. The van der Waals surface area contributed by atoms with Crippen LogP contribution in [0.2, 0.25) is 0 Å². The Bertz CT molecular complexity index is 659. The summed E-state index contributed by atoms with van der Waals surface area (Å²) >= 11 is 3.45. The number of carbonyl (C=O) groups is 1. The van der Waals surface area contributed by atoms with Gasteiger partial charge in [-0.25, -0.2) is 4.79 Å². The van der Waals surface area contributed by atoms with Crippen molar-refractivity contribution in [1.82, 2.24) is 10.2 Å². The highest BCUT2D eigenvalue weighted by molar-refractivity contribution is 9.10. The number of aromatic nitrogens is 2. The number of hydrogen-bond acceptors (Lipinski definition) is 4. The van der Waals surface area contributed by atoms with Crippen LogP contribution in [-0.2, 0) is 6.54 Å². The highest BCUT2D eigenvalue weighted by Gasteiger charge is 2.17. The first-order valence-corrected chi connectivity index (χ1v) is 6.84. The molecule has 2 N–H and O–H groups in total. The molecule has 0 aliphatic carbocycles. The number of anilines is 1. The molecule has 5 nitrogen and oxygen atoms in total. The number of aromatic carboxylic acids is 1. The van der Waals surface area contributed by atoms with Gasteiger partial charge in [0.05, 0.1) is 5.69 Å². The van der Waals surface area contributed by atoms with Crippen molar-refractivity contribution >= 4 is 27.7 Å². The minimum Gasteiger partial charge on any atom is -0.478 e. The molecule has 0 bridgehead atoms. The molecule has 0 saturated carbocycles. The van der Waals surface area contributed by atoms with Gasteiger partial charge in [0.15, 0.2) is 5.82 Å². The van der Waals surface area contributed by atoms with Gasteiger partial charge in [-0.05, 0) is 31.0 Å². The summed E-state index contributed by atoms with van der Waals surface area (Å²) in [6.07, 6.45) is 0. The predicted octanol–water partition coefficient (Wildman–Crippen LogP) is 3.17. The molecule has 6 heteroatoms. The Labute approximate surface area is 125 Å². The third-order valence-corrected chi connectivity index (χ3v) is 3.85. The monoisotopic (exact) mass is 335 g/mol. The molecule has 0 unspecified atom stereocenters. The van der Waals surface area contributed by atoms with Crippen molar-refractivity contribution in [3.8, 4) is 0 Å². The largest absolute Gasteiger partial charge is 0.478 e. The van der Waals surface area contributed by atoms with Crippen LogP contribution in [0.1, 0.15) is 27.2 Å². The predicted molar refractivity (Wildman–Crippen MR) is 79.9 cm³/mol. The number of aryl methyl sites for hydroxylation is 1. The van der Waals surface area contributed by atoms with Gasteiger partial charge in [-0.1, -0.05) is 34.1 Å². The van der Waals surface area contributed by atoms with Gasteiger partial charge in [-0.15, -0.1) is 5.10 Å². The maximum Gasteiger partial charge on any atom is 0.339 e. The molecule has 20 heavy (non-hydrogen) atoms. The van der Waals surface area contributed by atoms with Crippen molar-refractivity contribution in [2.24, 2.45) is 0 Å². The lowest BCUT2D eigenvalue weighted by atomic mass is 10.1. The molecule has 0 amide bonds. The number of halogens is 1. The van der Waals surface area contributed by atoms with Crippen molar-refractivity contribution in [3.63, 3.8) is 0 Å². The van der Waals surface area contributed by atoms with Gasteiger partial charge in [-0.3, -0.25) is 0 Å². The molecular weight excluding hydrogens is 322 g/mol. The van der Waals surface area contributed by atoms with Gasteiger partial charge in [0.1, 0.15) is 5.56 Å². The Morgan fingerprint density at radius 1 is 1.30 bits per heavy atom. The summed E-state index contributed by atoms with van der Waals surface area (Å²) in [6.45, 7) is 3.95. The molecule has 1 aromatic carbocycles. The summed E-state index contributed by atoms with van der Waals surface area (Å²) in [5.41, 5.74) is 2.43. The molecule has 0 radical (unpaired) electrons. The van der Waals surface area contributed by atoms with Crippen molar-refractivity contribution in [2.75, 3.05) is 5.32 Å². The maximum atomic E-state index is 11.4. The SMILES string of the molecule is Cc1nnc(NCc2ccccc2Br)c(C(=O)O)c1C. The lowest BCUT2D eigenvalue weighted by molar-refractivity contribution is 0.0696. The average molecular weight is 336 g/mol. The van der Waals surface area contributed by atoms with Gasteiger partial charge < -0.3 is 10.4 Å². The second kappa shape index (κ2) is 6.00. The van der Waals surface area contributed by atoms with Gasteiger partial charge in [0.25, 0.3) is 0 Å². The number of rotatable bonds is 4. The van der Waals surface area contributed by atoms with E-state index in [1.165, 1.54) is 0 Å². The number of carboxylic acid groups (broad SMARTS) is 1. The van der Waals surface area contributed by atoms with E-state index in [0.29, 0.717) is 17.8 Å². The normalized spacial score (nSPS) is 10.3. The Kier molecular flexibility index (Phi) is 4.34. The first kappa shape index (κ1) is 14.5. The van der Waals surface area contributed by atoms with E-state index < -0.39 is 5.97 Å². The third-order valence-electron chi connectivity index (χ3n) is 3.07. The van der Waals surface area contributed by atoms with Crippen LogP contribution in [0.5, 0.6) is 0 Å². The van der Waals surface area contributed by atoms with E-state index in [1.807, 2.05) is 24.3 Å². The zero-order chi connectivity index (χ0) is 14.7. The van der Waals surface area contributed by atoms with Crippen molar-refractivity contribution in [3.05, 3.63) is 51.1 Å². The fraction of sp³-hybridized carbons (Fsp3) is 0.214. The van der Waals surface area contributed by atoms with Gasteiger partial charge in [0.2, 0.25) is 0 Å². The lowest BCUT2D eigenvalue weighted by Gasteiger charge is -2.12. The van der Waals surface area contributed by atoms with Crippen molar-refractivity contribution < 1.29 is 9.90 Å². The van der Waals surface area contributed by atoms with E-state index in [4.69, 9.17) is 0 Å². The summed E-state index contributed by atoms with van der Waals surface area (Å²) in [4.78, 5) is 11.4. The van der Waals surface area contributed by atoms with Crippen LogP contribution in [0.4, 0.5) is 5.82 Å². The molecule has 1 aromatic heterocycles. The Morgan fingerprint density at radius 2 is 2.00 bits per heavy atom. The smallest absolute Gasteiger partial charge is 0.339 e. The third kappa shape index (κ3) is 2.96. The number of nitrogens with one attached hydrogen (secondary N) is 1. The topological polar surface area (TPSA) is 75.1 Å². The molecule has 0 spiro atoms. The number of hydrogen-bond donors (Lipinski definition) is 2. The van der Waals surface area contributed by atoms with E-state index in [1.54, 1.807) is 13.8 Å². The molecule has 0 atom stereocenters. The molecular formula is C14H14BrN3O2. The summed E-state index contributed by atoms with van der Waals surface area (Å²) in [7, 11) is 0. The Hall–Kier alpha value is -1.95. The Morgan fingerprint density at radius 3 is 2.65 bits per heavy atom. The van der Waals surface area contributed by atoms with E-state index in [9.17, 15) is 9.90 Å². The maximum absolute atomic E-state index is 11.4. The average Bonchev–Trinajstić information content (AvgIpc) is 2.41. The van der Waals surface area contributed by atoms with E-state index in [-0.39, 0.29) is 11.4 Å². The minimum atomic E-state index is -1.00. The lowest BCUT2D eigenvalue weighted by Crippen LogP contribution is -2.13. The Balaban J connectivity index is 2.29. The second-order valence-corrected chi connectivity index (χ2v) is 5.24. The van der Waals surface area contributed by atoms with Crippen LogP contribution in [0.15, 0.2) is 28.7 Å². The van der Waals surface area contributed by atoms with Gasteiger partial charge >= 0.3 is 5.97 Å². The summed E-state index contributed by atoms with van der Waals surface area (Å²) in [5, 5.41) is 20.3. The summed E-state index contributed by atoms with van der Waals surface area (Å²) < 4.78 is 0.959. The number of carboxylic acids is 1. The minimum absolute atomic E-state index is 0.171. The van der Waals surface area contributed by atoms with Crippen LogP contribution in [-0.4, -0.2) is 21.3 Å². The first-order chi connectivity index (χ1) is 9.50. The standard InChI is InChI=1S/C14H14BrN3O2/c1-8-9(2)17-18-13(12(8)14(19)20)16-7-10-5-3-4-6-11(10)15/h3-6H,7H2,1-2H3,(H,16,18)(H,19,20). The van der Waals surface area contributed by atoms with Crippen LogP contribution < -0.4 is 5.32 Å². The molecule has 1 heterocycles. The van der Waals surface area contributed by atoms with Crippen molar-refractivity contribution in [1.29, 1.82) is 0 Å². The second-order valence-electron chi connectivity index (χ2n) is 4.38. The fourth-order valence-corrected chi connectivity index (χ4v) is 2.24. The number of benzene rings is 1. The van der Waals surface area contributed by atoms with Crippen LogP contribution in [0.3, 0.4) is 0 Å². The first-order valence-electron chi connectivity index (χ1n) is 6.05. The van der Waals surface area contributed by atoms with Gasteiger partial charge in [0, 0.05) is 11.0 Å². The van der Waals surface area contributed by atoms with E-state index in [2.05, 4.69) is 31.4 Å².